The fourth-order valence-electron chi connectivity index (χ4n) is 2.19. The molecule has 10 heteroatoms. The standard InChI is InChI=1S/C19H16BrN5O3S/c1-28-15-8-2-12(3-9-15)11-21-23-16(26)10-17-24-25-19(29-17)22-18(27)13-4-6-14(20)7-5-13/h2-9,11H,10H2,1H3,(H,23,26)(H,22,25,27)/b21-11-. The fraction of sp³-hybridized carbons (Fsp3) is 0.105. The van der Waals surface area contributed by atoms with Crippen LogP contribution < -0.4 is 15.5 Å². The molecule has 0 aliphatic rings. The Kier molecular flexibility index (Phi) is 7.04. The van der Waals surface area contributed by atoms with Crippen molar-refractivity contribution in [3.05, 3.63) is 69.1 Å². The molecule has 0 aliphatic carbocycles. The maximum atomic E-state index is 12.2. The van der Waals surface area contributed by atoms with Gasteiger partial charge in [0.25, 0.3) is 5.91 Å². The SMILES string of the molecule is COc1ccc(/C=N\NC(=O)Cc2nnc(NC(=O)c3ccc(Br)cc3)s2)cc1. The Bertz CT molecular complexity index is 1020. The van der Waals surface area contributed by atoms with Gasteiger partial charge in [0.15, 0.2) is 0 Å². The second-order valence-corrected chi connectivity index (χ2v) is 7.68. The number of halogens is 1. The van der Waals surface area contributed by atoms with E-state index in [1.165, 1.54) is 6.21 Å². The minimum atomic E-state index is -0.336. The van der Waals surface area contributed by atoms with Gasteiger partial charge in [-0.1, -0.05) is 27.3 Å². The highest BCUT2D eigenvalue weighted by atomic mass is 79.9. The monoisotopic (exact) mass is 473 g/mol. The van der Waals surface area contributed by atoms with E-state index in [1.807, 2.05) is 12.1 Å². The third-order valence-electron chi connectivity index (χ3n) is 3.62. The van der Waals surface area contributed by atoms with Gasteiger partial charge in [-0.05, 0) is 54.1 Å². The molecule has 0 bridgehead atoms. The van der Waals surface area contributed by atoms with Crippen molar-refractivity contribution in [2.45, 2.75) is 6.42 Å². The maximum Gasteiger partial charge on any atom is 0.257 e. The van der Waals surface area contributed by atoms with Gasteiger partial charge in [-0.15, -0.1) is 10.2 Å². The van der Waals surface area contributed by atoms with Crippen LogP contribution in [0.25, 0.3) is 0 Å². The van der Waals surface area contributed by atoms with E-state index >= 15 is 0 Å². The minimum Gasteiger partial charge on any atom is -0.497 e. The topological polar surface area (TPSA) is 106 Å². The van der Waals surface area contributed by atoms with Gasteiger partial charge < -0.3 is 4.74 Å². The number of carbonyl (C=O) groups is 2. The Morgan fingerprint density at radius 1 is 1.14 bits per heavy atom. The van der Waals surface area contributed by atoms with Crippen molar-refractivity contribution < 1.29 is 14.3 Å². The van der Waals surface area contributed by atoms with Crippen LogP contribution in [0.1, 0.15) is 20.9 Å². The normalized spacial score (nSPS) is 10.7. The van der Waals surface area contributed by atoms with Crippen LogP contribution in [0.4, 0.5) is 5.13 Å². The van der Waals surface area contributed by atoms with Crippen LogP contribution in [0.15, 0.2) is 58.1 Å². The maximum absolute atomic E-state index is 12.2. The number of aromatic nitrogens is 2. The number of amides is 2. The van der Waals surface area contributed by atoms with Crippen LogP contribution in [0.3, 0.4) is 0 Å². The van der Waals surface area contributed by atoms with Gasteiger partial charge in [-0.25, -0.2) is 5.43 Å². The molecule has 3 aromatic rings. The molecule has 29 heavy (non-hydrogen) atoms. The molecule has 0 fully saturated rings. The van der Waals surface area contributed by atoms with Gasteiger partial charge >= 0.3 is 0 Å². The largest absolute Gasteiger partial charge is 0.497 e. The number of carbonyl (C=O) groups excluding carboxylic acids is 2. The zero-order valence-electron chi connectivity index (χ0n) is 15.3. The summed E-state index contributed by atoms with van der Waals surface area (Å²) in [6.45, 7) is 0. The van der Waals surface area contributed by atoms with Crippen molar-refractivity contribution in [2.75, 3.05) is 12.4 Å². The molecule has 148 valence electrons. The zero-order chi connectivity index (χ0) is 20.6. The van der Waals surface area contributed by atoms with Crippen molar-refractivity contribution in [3.63, 3.8) is 0 Å². The van der Waals surface area contributed by atoms with Crippen molar-refractivity contribution >= 4 is 50.4 Å². The molecule has 1 heterocycles. The van der Waals surface area contributed by atoms with Gasteiger partial charge in [-0.2, -0.15) is 5.10 Å². The predicted octanol–water partition coefficient (Wildman–Crippen LogP) is 3.25. The highest BCUT2D eigenvalue weighted by Gasteiger charge is 2.12. The first kappa shape index (κ1) is 20.6. The summed E-state index contributed by atoms with van der Waals surface area (Å²) in [6, 6.07) is 14.2. The van der Waals surface area contributed by atoms with Gasteiger partial charge in [-0.3, -0.25) is 14.9 Å². The molecule has 0 saturated carbocycles. The molecule has 0 unspecified atom stereocenters. The molecule has 8 nitrogen and oxygen atoms in total. The van der Waals surface area contributed by atoms with Crippen LogP contribution in [-0.2, 0) is 11.2 Å². The summed E-state index contributed by atoms with van der Waals surface area (Å²) >= 11 is 4.45. The van der Waals surface area contributed by atoms with Crippen molar-refractivity contribution in [1.82, 2.24) is 15.6 Å². The summed E-state index contributed by atoms with van der Waals surface area (Å²) in [5.41, 5.74) is 3.75. The van der Waals surface area contributed by atoms with Gasteiger partial charge in [0.05, 0.1) is 19.7 Å². The smallest absolute Gasteiger partial charge is 0.257 e. The Labute approximate surface area is 179 Å². The molecule has 0 spiro atoms. The van der Waals surface area contributed by atoms with E-state index in [0.717, 1.165) is 27.1 Å². The number of hydrogen-bond acceptors (Lipinski definition) is 7. The molecule has 3 rings (SSSR count). The summed E-state index contributed by atoms with van der Waals surface area (Å²) in [5, 5.41) is 15.2. The Hall–Kier alpha value is -3.11. The van der Waals surface area contributed by atoms with Crippen molar-refractivity contribution in [3.8, 4) is 5.75 Å². The Morgan fingerprint density at radius 2 is 1.86 bits per heavy atom. The van der Waals surface area contributed by atoms with Crippen LogP contribution >= 0.6 is 27.3 Å². The quantitative estimate of drug-likeness (QED) is 0.404. The van der Waals surface area contributed by atoms with E-state index in [9.17, 15) is 9.59 Å². The summed E-state index contributed by atoms with van der Waals surface area (Å²) < 4.78 is 5.96. The molecule has 2 N–H and O–H groups in total. The van der Waals surface area contributed by atoms with E-state index < -0.39 is 0 Å². The van der Waals surface area contributed by atoms with Gasteiger partial charge in [0.2, 0.25) is 11.0 Å². The van der Waals surface area contributed by atoms with E-state index in [0.29, 0.717) is 15.7 Å². The number of hydrogen-bond donors (Lipinski definition) is 2. The lowest BCUT2D eigenvalue weighted by atomic mass is 10.2. The van der Waals surface area contributed by atoms with Crippen LogP contribution in [0.5, 0.6) is 5.75 Å². The number of ether oxygens (including phenoxy) is 1. The first-order valence-electron chi connectivity index (χ1n) is 8.39. The summed E-state index contributed by atoms with van der Waals surface area (Å²) in [7, 11) is 1.59. The van der Waals surface area contributed by atoms with E-state index in [-0.39, 0.29) is 18.2 Å². The second kappa shape index (κ2) is 9.89. The lowest BCUT2D eigenvalue weighted by Crippen LogP contribution is -2.19. The Balaban J connectivity index is 1.49. The molecular formula is C19H16BrN5O3S. The molecule has 0 atom stereocenters. The number of anilines is 1. The number of benzene rings is 2. The average Bonchev–Trinajstić information content (AvgIpc) is 3.15. The summed E-state index contributed by atoms with van der Waals surface area (Å²) in [5.74, 6) is 0.107. The van der Waals surface area contributed by atoms with Crippen LogP contribution in [-0.4, -0.2) is 35.3 Å². The average molecular weight is 474 g/mol. The number of hydrazone groups is 1. The van der Waals surface area contributed by atoms with Crippen LogP contribution in [0, 0.1) is 0 Å². The minimum absolute atomic E-state index is 0.00573. The lowest BCUT2D eigenvalue weighted by molar-refractivity contribution is -0.120. The number of nitrogens with zero attached hydrogens (tertiary/aromatic N) is 3. The molecule has 0 radical (unpaired) electrons. The lowest BCUT2D eigenvalue weighted by Gasteiger charge is -2.00. The van der Waals surface area contributed by atoms with Crippen molar-refractivity contribution in [2.24, 2.45) is 5.10 Å². The molecule has 0 saturated heterocycles. The molecular weight excluding hydrogens is 458 g/mol. The zero-order valence-corrected chi connectivity index (χ0v) is 17.7. The highest BCUT2D eigenvalue weighted by Crippen LogP contribution is 2.17. The van der Waals surface area contributed by atoms with Gasteiger partial charge in [0.1, 0.15) is 10.8 Å². The summed E-state index contributed by atoms with van der Waals surface area (Å²) in [4.78, 5) is 24.2. The second-order valence-electron chi connectivity index (χ2n) is 5.71. The van der Waals surface area contributed by atoms with E-state index in [2.05, 4.69) is 42.0 Å². The number of methoxy groups -OCH3 is 1. The summed E-state index contributed by atoms with van der Waals surface area (Å²) in [6.07, 6.45) is 1.53. The Morgan fingerprint density at radius 3 is 2.55 bits per heavy atom. The first-order chi connectivity index (χ1) is 14.0. The molecule has 0 aliphatic heterocycles. The third-order valence-corrected chi connectivity index (χ3v) is 4.99. The van der Waals surface area contributed by atoms with E-state index in [1.54, 1.807) is 43.5 Å². The molecule has 2 aromatic carbocycles. The highest BCUT2D eigenvalue weighted by molar-refractivity contribution is 9.10. The molecule has 2 amide bonds. The predicted molar refractivity (Wildman–Crippen MR) is 114 cm³/mol. The molecule has 1 aromatic heterocycles. The number of rotatable bonds is 7. The first-order valence-corrected chi connectivity index (χ1v) is 9.99. The fourth-order valence-corrected chi connectivity index (χ4v) is 3.19. The number of nitrogens with one attached hydrogen (secondary N) is 2. The van der Waals surface area contributed by atoms with E-state index in [4.69, 9.17) is 4.74 Å². The van der Waals surface area contributed by atoms with Crippen LogP contribution in [0.2, 0.25) is 0 Å². The van der Waals surface area contributed by atoms with Crippen molar-refractivity contribution in [1.29, 1.82) is 0 Å². The van der Waals surface area contributed by atoms with Gasteiger partial charge in [0, 0.05) is 10.0 Å². The third kappa shape index (κ3) is 6.19.